The van der Waals surface area contributed by atoms with Crippen molar-refractivity contribution < 1.29 is 18.3 Å². The quantitative estimate of drug-likeness (QED) is 0.183. The van der Waals surface area contributed by atoms with Crippen molar-refractivity contribution in [3.05, 3.63) is 77.1 Å². The third kappa shape index (κ3) is 5.19. The Morgan fingerprint density at radius 2 is 1.91 bits per heavy atom. The Morgan fingerprint density at radius 3 is 2.67 bits per heavy atom. The molecule has 0 aliphatic carbocycles. The van der Waals surface area contributed by atoms with Crippen LogP contribution in [0.4, 0.5) is 14.6 Å². The van der Waals surface area contributed by atoms with Crippen molar-refractivity contribution in [1.82, 2.24) is 24.8 Å². The number of ether oxygens (including phenoxy) is 1. The molecule has 3 fully saturated rings. The number of benzene rings is 2. The summed E-state index contributed by atoms with van der Waals surface area (Å²) in [5.74, 6) is -1.10. The van der Waals surface area contributed by atoms with E-state index in [0.29, 0.717) is 53.8 Å². The summed E-state index contributed by atoms with van der Waals surface area (Å²) in [6.45, 7) is 14.7. The van der Waals surface area contributed by atoms with Crippen molar-refractivity contribution in [2.75, 3.05) is 50.8 Å². The number of hydrogen-bond donors (Lipinski definition) is 0. The molecule has 1 amide bonds. The van der Waals surface area contributed by atoms with Gasteiger partial charge in [0.05, 0.1) is 15.9 Å². The second kappa shape index (κ2) is 12.1. The standard InChI is InChI=1S/C34H32ClF2N7O2/c1-3-27(45)44-16-15-42(19-22(44)18-38-2)32-24-17-26(37)30(23-8-4-7-21-9-10-25(36)29(35)28(21)23)39-31(24)40-33(41-32)46-20-34-11-5-13-43(34)14-6-12-34/h3-4,7-10,17,22H,1,5-6,11-16,18-20H2/t22-/m0/s1. The summed E-state index contributed by atoms with van der Waals surface area (Å²) in [5, 5.41) is 1.24. The fourth-order valence-electron chi connectivity index (χ4n) is 7.37. The molecule has 46 heavy (non-hydrogen) atoms. The lowest BCUT2D eigenvalue weighted by molar-refractivity contribution is -0.128. The van der Waals surface area contributed by atoms with Gasteiger partial charge in [0.25, 0.3) is 0 Å². The Bertz CT molecular complexity index is 1900. The van der Waals surface area contributed by atoms with Crippen molar-refractivity contribution >= 4 is 45.1 Å². The molecule has 5 heterocycles. The molecule has 3 aliphatic heterocycles. The molecule has 236 valence electrons. The highest BCUT2D eigenvalue weighted by atomic mass is 35.5. The number of fused-ring (bicyclic) bond motifs is 3. The first-order valence-electron chi connectivity index (χ1n) is 15.5. The zero-order valence-corrected chi connectivity index (χ0v) is 25.9. The average Bonchev–Trinajstić information content (AvgIpc) is 3.65. The number of nitrogens with zero attached hydrogens (tertiary/aromatic N) is 7. The highest BCUT2D eigenvalue weighted by molar-refractivity contribution is 6.36. The van der Waals surface area contributed by atoms with Crippen LogP contribution in [0, 0.1) is 18.2 Å². The van der Waals surface area contributed by atoms with Gasteiger partial charge in [0.15, 0.2) is 5.65 Å². The van der Waals surface area contributed by atoms with Crippen molar-refractivity contribution in [3.8, 4) is 17.3 Å². The van der Waals surface area contributed by atoms with Gasteiger partial charge in [-0.15, -0.1) is 0 Å². The smallest absolute Gasteiger partial charge is 0.320 e. The summed E-state index contributed by atoms with van der Waals surface area (Å²) in [7, 11) is 0. The maximum absolute atomic E-state index is 16.1. The number of pyridine rings is 1. The van der Waals surface area contributed by atoms with Crippen LogP contribution in [0.5, 0.6) is 6.01 Å². The molecule has 12 heteroatoms. The monoisotopic (exact) mass is 643 g/mol. The Labute approximate surface area is 270 Å². The van der Waals surface area contributed by atoms with Crippen molar-refractivity contribution in [1.29, 1.82) is 0 Å². The van der Waals surface area contributed by atoms with Crippen LogP contribution in [0.2, 0.25) is 5.02 Å². The van der Waals surface area contributed by atoms with E-state index in [4.69, 9.17) is 27.9 Å². The zero-order chi connectivity index (χ0) is 32.0. The van der Waals surface area contributed by atoms with Gasteiger partial charge >= 0.3 is 6.01 Å². The van der Waals surface area contributed by atoms with Crippen molar-refractivity contribution in [2.45, 2.75) is 37.3 Å². The number of carbonyl (C=O) groups excluding carboxylic acids is 1. The number of piperazine rings is 1. The first-order chi connectivity index (χ1) is 22.3. The van der Waals surface area contributed by atoms with E-state index in [1.807, 2.05) is 4.90 Å². The molecule has 9 nitrogen and oxygen atoms in total. The first-order valence-corrected chi connectivity index (χ1v) is 15.8. The molecule has 4 aromatic rings. The predicted octanol–water partition coefficient (Wildman–Crippen LogP) is 5.91. The lowest BCUT2D eigenvalue weighted by Gasteiger charge is -2.39. The molecule has 0 saturated carbocycles. The minimum atomic E-state index is -0.650. The van der Waals surface area contributed by atoms with Gasteiger partial charge < -0.3 is 19.4 Å². The number of amides is 1. The minimum Gasteiger partial charge on any atom is -0.461 e. The summed E-state index contributed by atoms with van der Waals surface area (Å²) in [4.78, 5) is 36.3. The third-order valence-electron chi connectivity index (χ3n) is 9.61. The van der Waals surface area contributed by atoms with Crippen LogP contribution in [-0.4, -0.2) is 88.1 Å². The Balaban J connectivity index is 1.34. The highest BCUT2D eigenvalue weighted by Crippen LogP contribution is 2.40. The Morgan fingerprint density at radius 1 is 1.11 bits per heavy atom. The topological polar surface area (TPSA) is 79.1 Å². The maximum atomic E-state index is 16.1. The van der Waals surface area contributed by atoms with Crippen LogP contribution in [0.25, 0.3) is 37.9 Å². The lowest BCUT2D eigenvalue weighted by Crippen LogP contribution is -2.56. The maximum Gasteiger partial charge on any atom is 0.320 e. The minimum absolute atomic E-state index is 0.0233. The second-order valence-electron chi connectivity index (χ2n) is 12.2. The van der Waals surface area contributed by atoms with Crippen LogP contribution in [0.1, 0.15) is 25.7 Å². The molecule has 0 radical (unpaired) electrons. The molecule has 7 rings (SSSR count). The summed E-state index contributed by atoms with van der Waals surface area (Å²) in [6.07, 6.45) is 5.55. The van der Waals surface area contributed by atoms with E-state index in [0.717, 1.165) is 38.8 Å². The number of carbonyl (C=O) groups is 1. The zero-order valence-electron chi connectivity index (χ0n) is 25.2. The van der Waals surface area contributed by atoms with Gasteiger partial charge in [-0.25, -0.2) is 20.3 Å². The van der Waals surface area contributed by atoms with Crippen LogP contribution in [0.3, 0.4) is 0 Å². The fraction of sp³-hybridized carbons (Fsp3) is 0.382. The van der Waals surface area contributed by atoms with Gasteiger partial charge in [-0.1, -0.05) is 42.4 Å². The summed E-state index contributed by atoms with van der Waals surface area (Å²) >= 11 is 6.40. The number of aromatic nitrogens is 3. The van der Waals surface area contributed by atoms with Crippen LogP contribution < -0.4 is 9.64 Å². The molecule has 3 aliphatic rings. The predicted molar refractivity (Wildman–Crippen MR) is 173 cm³/mol. The molecular weight excluding hydrogens is 612 g/mol. The first kappa shape index (κ1) is 30.3. The van der Waals surface area contributed by atoms with Gasteiger partial charge in [-0.2, -0.15) is 9.97 Å². The lowest BCUT2D eigenvalue weighted by atomic mass is 9.95. The van der Waals surface area contributed by atoms with E-state index in [1.54, 1.807) is 29.2 Å². The third-order valence-corrected chi connectivity index (χ3v) is 9.98. The van der Waals surface area contributed by atoms with E-state index in [1.165, 1.54) is 18.2 Å². The van der Waals surface area contributed by atoms with Crippen molar-refractivity contribution in [2.24, 2.45) is 0 Å². The van der Waals surface area contributed by atoms with Gasteiger partial charge in [0.2, 0.25) is 12.5 Å². The van der Waals surface area contributed by atoms with Gasteiger partial charge in [-0.05, 0) is 62.4 Å². The Hall–Kier alpha value is -4.40. The number of anilines is 1. The van der Waals surface area contributed by atoms with Gasteiger partial charge in [0.1, 0.15) is 35.8 Å². The van der Waals surface area contributed by atoms with E-state index >= 15 is 4.39 Å². The SMILES string of the molecule is [C-]#[N+]C[C@H]1CN(c2nc(OCC34CCCN3CCC4)nc3nc(-c4cccc5ccc(F)c(Cl)c45)c(F)cc23)CCN1C(=O)C=C. The molecule has 2 aromatic carbocycles. The normalized spacial score (nSPS) is 19.4. The Kier molecular flexibility index (Phi) is 7.95. The molecule has 0 unspecified atom stereocenters. The van der Waals surface area contributed by atoms with Crippen molar-refractivity contribution in [3.63, 3.8) is 0 Å². The molecular formula is C34H32ClF2N7O2. The van der Waals surface area contributed by atoms with Crippen LogP contribution in [0.15, 0.2) is 49.1 Å². The van der Waals surface area contributed by atoms with Crippen LogP contribution in [-0.2, 0) is 4.79 Å². The number of halogens is 3. The fourth-order valence-corrected chi connectivity index (χ4v) is 7.65. The van der Waals surface area contributed by atoms with Crippen LogP contribution >= 0.6 is 11.6 Å². The molecule has 0 N–H and O–H groups in total. The van der Waals surface area contributed by atoms with E-state index in [9.17, 15) is 9.18 Å². The van der Waals surface area contributed by atoms with Gasteiger partial charge in [0, 0.05) is 30.6 Å². The van der Waals surface area contributed by atoms with E-state index < -0.39 is 17.7 Å². The molecule has 3 saturated heterocycles. The summed E-state index contributed by atoms with van der Waals surface area (Å²) < 4.78 is 37.0. The van der Waals surface area contributed by atoms with E-state index in [-0.39, 0.29) is 40.4 Å². The number of hydrogen-bond acceptors (Lipinski definition) is 7. The molecule has 2 aromatic heterocycles. The largest absolute Gasteiger partial charge is 0.461 e. The summed E-state index contributed by atoms with van der Waals surface area (Å²) in [6, 6.07) is 9.09. The molecule has 1 atom stereocenters. The molecule has 0 spiro atoms. The summed E-state index contributed by atoms with van der Waals surface area (Å²) in [5.41, 5.74) is 0.467. The number of rotatable bonds is 7. The second-order valence-corrected chi connectivity index (χ2v) is 12.5. The van der Waals surface area contributed by atoms with Gasteiger partial charge in [-0.3, -0.25) is 9.69 Å². The molecule has 0 bridgehead atoms. The van der Waals surface area contributed by atoms with E-state index in [2.05, 4.69) is 26.3 Å². The average molecular weight is 644 g/mol. The highest BCUT2D eigenvalue weighted by Gasteiger charge is 2.45.